The van der Waals surface area contributed by atoms with Crippen LogP contribution >= 0.6 is 11.3 Å². The summed E-state index contributed by atoms with van der Waals surface area (Å²) in [5.74, 6) is -2.55. The fourth-order valence-corrected chi connectivity index (χ4v) is 2.83. The summed E-state index contributed by atoms with van der Waals surface area (Å²) in [5.41, 5.74) is 2.96. The smallest absolute Gasteiger partial charge is 0.307 e. The van der Waals surface area contributed by atoms with Gasteiger partial charge in [0, 0.05) is 24.9 Å². The Kier molecular flexibility index (Phi) is 7.00. The molecule has 0 atom stereocenters. The van der Waals surface area contributed by atoms with Crippen molar-refractivity contribution in [2.45, 2.75) is 25.8 Å². The topological polar surface area (TPSA) is 59.5 Å². The van der Waals surface area contributed by atoms with Gasteiger partial charge in [0.05, 0.1) is 24.7 Å². The van der Waals surface area contributed by atoms with E-state index in [1.54, 1.807) is 5.51 Å². The molecule has 0 aliphatic carbocycles. The number of benzene rings is 1. The lowest BCUT2D eigenvalue weighted by molar-refractivity contribution is -0.142. The molecule has 0 spiro atoms. The maximum atomic E-state index is 13.4. The van der Waals surface area contributed by atoms with Gasteiger partial charge in [0.15, 0.2) is 11.6 Å². The molecule has 8 heteroatoms. The van der Waals surface area contributed by atoms with Crippen molar-refractivity contribution in [2.24, 2.45) is 0 Å². The van der Waals surface area contributed by atoms with Gasteiger partial charge in [0.2, 0.25) is 5.91 Å². The molecule has 5 nitrogen and oxygen atoms in total. The number of ether oxygens (including phenoxy) is 1. The molecule has 0 saturated heterocycles. The Balaban J connectivity index is 2.03. The summed E-state index contributed by atoms with van der Waals surface area (Å²) in [6.07, 6.45) is 0.728. The number of amides is 1. The number of hydrogen-bond donors (Lipinski definition) is 0. The minimum atomic E-state index is -0.972. The van der Waals surface area contributed by atoms with Gasteiger partial charge in [0.25, 0.3) is 0 Å². The van der Waals surface area contributed by atoms with Crippen molar-refractivity contribution < 1.29 is 23.1 Å². The van der Waals surface area contributed by atoms with E-state index < -0.39 is 17.6 Å². The Hall–Kier alpha value is -2.35. The SMILES string of the molecule is COC(=O)CCN(Cc1ccc(F)c(F)c1)C(=O)CCc1cscn1. The molecule has 0 aliphatic heterocycles. The molecular weight excluding hydrogens is 350 g/mol. The fourth-order valence-electron chi connectivity index (χ4n) is 2.23. The zero-order valence-electron chi connectivity index (χ0n) is 13.7. The number of aromatic nitrogens is 1. The molecule has 1 amide bonds. The third kappa shape index (κ3) is 5.90. The van der Waals surface area contributed by atoms with E-state index in [4.69, 9.17) is 0 Å². The van der Waals surface area contributed by atoms with Crippen LogP contribution in [0, 0.1) is 11.6 Å². The third-order valence-corrected chi connectivity index (χ3v) is 4.24. The second-order valence-corrected chi connectivity index (χ2v) is 6.09. The number of hydrogen-bond acceptors (Lipinski definition) is 5. The molecule has 0 fully saturated rings. The van der Waals surface area contributed by atoms with Gasteiger partial charge in [-0.3, -0.25) is 9.59 Å². The normalized spacial score (nSPS) is 10.5. The number of thiazole rings is 1. The number of esters is 1. The van der Waals surface area contributed by atoms with Gasteiger partial charge in [-0.15, -0.1) is 11.3 Å². The Bertz CT molecular complexity index is 723. The monoisotopic (exact) mass is 368 g/mol. The molecule has 1 heterocycles. The summed E-state index contributed by atoms with van der Waals surface area (Å²) in [4.78, 5) is 29.4. The highest BCUT2D eigenvalue weighted by Crippen LogP contribution is 2.13. The van der Waals surface area contributed by atoms with Crippen molar-refractivity contribution in [1.82, 2.24) is 9.88 Å². The molecule has 0 saturated carbocycles. The summed E-state index contributed by atoms with van der Waals surface area (Å²) >= 11 is 1.45. The summed E-state index contributed by atoms with van der Waals surface area (Å²) in [5, 5.41) is 1.86. The highest BCUT2D eigenvalue weighted by atomic mass is 32.1. The molecule has 0 aliphatic rings. The van der Waals surface area contributed by atoms with E-state index in [0.717, 1.165) is 17.8 Å². The van der Waals surface area contributed by atoms with Crippen molar-refractivity contribution in [2.75, 3.05) is 13.7 Å². The van der Waals surface area contributed by atoms with E-state index in [9.17, 15) is 18.4 Å². The maximum absolute atomic E-state index is 13.4. The average molecular weight is 368 g/mol. The van der Waals surface area contributed by atoms with E-state index >= 15 is 0 Å². The number of halogens is 2. The number of nitrogens with zero attached hydrogens (tertiary/aromatic N) is 2. The molecule has 134 valence electrons. The summed E-state index contributed by atoms with van der Waals surface area (Å²) in [6.45, 7) is 0.228. The van der Waals surface area contributed by atoms with Gasteiger partial charge >= 0.3 is 5.97 Å². The van der Waals surface area contributed by atoms with Crippen molar-refractivity contribution in [3.63, 3.8) is 0 Å². The van der Waals surface area contributed by atoms with E-state index in [2.05, 4.69) is 9.72 Å². The van der Waals surface area contributed by atoms with Gasteiger partial charge in [-0.1, -0.05) is 6.07 Å². The van der Waals surface area contributed by atoms with Crippen molar-refractivity contribution in [3.8, 4) is 0 Å². The largest absolute Gasteiger partial charge is 0.469 e. The molecule has 1 aromatic carbocycles. The quantitative estimate of drug-likeness (QED) is 0.672. The Labute approximate surface area is 148 Å². The van der Waals surface area contributed by atoms with Crippen LogP contribution < -0.4 is 0 Å². The van der Waals surface area contributed by atoms with Crippen molar-refractivity contribution >= 4 is 23.2 Å². The standard InChI is InChI=1S/C17H18F2N2O3S/c1-24-17(23)6-7-21(9-12-2-4-14(18)15(19)8-12)16(22)5-3-13-10-25-11-20-13/h2,4,8,10-11H,3,5-7,9H2,1H3. The lowest BCUT2D eigenvalue weighted by Crippen LogP contribution is -2.33. The minimum absolute atomic E-state index is 0.0304. The van der Waals surface area contributed by atoms with Crippen molar-refractivity contribution in [1.29, 1.82) is 0 Å². The van der Waals surface area contributed by atoms with E-state index in [0.29, 0.717) is 12.0 Å². The van der Waals surface area contributed by atoms with Crippen LogP contribution in [-0.2, 0) is 27.3 Å². The molecule has 0 unspecified atom stereocenters. The average Bonchev–Trinajstić information content (AvgIpc) is 3.12. The summed E-state index contributed by atoms with van der Waals surface area (Å²) in [7, 11) is 1.27. The molecule has 2 aromatic rings. The number of carbonyl (C=O) groups excluding carboxylic acids is 2. The third-order valence-electron chi connectivity index (χ3n) is 3.60. The number of aryl methyl sites for hydroxylation is 1. The summed E-state index contributed by atoms with van der Waals surface area (Å²) in [6, 6.07) is 3.48. The zero-order chi connectivity index (χ0) is 18.2. The molecule has 0 radical (unpaired) electrons. The number of carbonyl (C=O) groups is 2. The first-order valence-electron chi connectivity index (χ1n) is 7.65. The Morgan fingerprint density at radius 1 is 1.24 bits per heavy atom. The molecule has 25 heavy (non-hydrogen) atoms. The van der Waals surface area contributed by atoms with Crippen LogP contribution in [-0.4, -0.2) is 35.4 Å². The van der Waals surface area contributed by atoms with Crippen LogP contribution in [0.15, 0.2) is 29.1 Å². The Morgan fingerprint density at radius 2 is 2.04 bits per heavy atom. The first-order chi connectivity index (χ1) is 12.0. The second-order valence-electron chi connectivity index (χ2n) is 5.37. The molecular formula is C17H18F2N2O3S. The molecule has 0 N–H and O–H groups in total. The van der Waals surface area contributed by atoms with E-state index in [1.807, 2.05) is 5.38 Å². The van der Waals surface area contributed by atoms with Gasteiger partial charge < -0.3 is 9.64 Å². The van der Waals surface area contributed by atoms with Crippen molar-refractivity contribution in [3.05, 3.63) is 52.0 Å². The van der Waals surface area contributed by atoms with E-state index in [1.165, 1.54) is 29.4 Å². The lowest BCUT2D eigenvalue weighted by atomic mass is 10.1. The van der Waals surface area contributed by atoms with Crippen LogP contribution in [0.5, 0.6) is 0 Å². The highest BCUT2D eigenvalue weighted by molar-refractivity contribution is 7.07. The lowest BCUT2D eigenvalue weighted by Gasteiger charge is -2.22. The zero-order valence-corrected chi connectivity index (χ0v) is 14.5. The molecule has 2 rings (SSSR count). The minimum Gasteiger partial charge on any atom is -0.469 e. The van der Waals surface area contributed by atoms with Crippen LogP contribution in [0.4, 0.5) is 8.78 Å². The van der Waals surface area contributed by atoms with Gasteiger partial charge in [0.1, 0.15) is 0 Å². The predicted molar refractivity (Wildman–Crippen MR) is 88.8 cm³/mol. The predicted octanol–water partition coefficient (Wildman–Crippen LogP) is 2.95. The maximum Gasteiger partial charge on any atom is 0.307 e. The van der Waals surface area contributed by atoms with Crippen LogP contribution in [0.2, 0.25) is 0 Å². The van der Waals surface area contributed by atoms with Gasteiger partial charge in [-0.2, -0.15) is 0 Å². The van der Waals surface area contributed by atoms with Crippen LogP contribution in [0.25, 0.3) is 0 Å². The van der Waals surface area contributed by atoms with Crippen LogP contribution in [0.3, 0.4) is 0 Å². The van der Waals surface area contributed by atoms with Gasteiger partial charge in [-0.05, 0) is 24.1 Å². The molecule has 0 bridgehead atoms. The van der Waals surface area contributed by atoms with Gasteiger partial charge in [-0.25, -0.2) is 13.8 Å². The number of rotatable bonds is 8. The van der Waals surface area contributed by atoms with E-state index in [-0.39, 0.29) is 31.8 Å². The number of methoxy groups -OCH3 is 1. The first-order valence-corrected chi connectivity index (χ1v) is 8.59. The first kappa shape index (κ1) is 19.0. The van der Waals surface area contributed by atoms with Crippen LogP contribution in [0.1, 0.15) is 24.1 Å². The second kappa shape index (κ2) is 9.22. The fraction of sp³-hybridized carbons (Fsp3) is 0.353. The Morgan fingerprint density at radius 3 is 2.68 bits per heavy atom. The molecule has 1 aromatic heterocycles. The summed E-state index contributed by atoms with van der Waals surface area (Å²) < 4.78 is 31.0. The highest BCUT2D eigenvalue weighted by Gasteiger charge is 2.17.